The molecular formula is C14H24N2O3S. The summed E-state index contributed by atoms with van der Waals surface area (Å²) in [7, 11) is 0. The zero-order valence-electron chi connectivity index (χ0n) is 11.8. The van der Waals surface area contributed by atoms with Crippen molar-refractivity contribution in [1.82, 2.24) is 10.6 Å². The van der Waals surface area contributed by atoms with Crippen molar-refractivity contribution in [2.45, 2.75) is 57.0 Å². The lowest BCUT2D eigenvalue weighted by molar-refractivity contribution is -0.141. The molecule has 2 atom stereocenters. The van der Waals surface area contributed by atoms with E-state index in [1.165, 1.54) is 6.42 Å². The van der Waals surface area contributed by atoms with Crippen LogP contribution in [0.2, 0.25) is 0 Å². The minimum absolute atomic E-state index is 0.0766. The van der Waals surface area contributed by atoms with E-state index in [2.05, 4.69) is 10.6 Å². The fourth-order valence-corrected chi connectivity index (χ4v) is 4.14. The zero-order valence-corrected chi connectivity index (χ0v) is 12.6. The summed E-state index contributed by atoms with van der Waals surface area (Å²) in [6.45, 7) is 0. The van der Waals surface area contributed by atoms with Gasteiger partial charge in [0, 0.05) is 11.8 Å². The molecule has 2 aliphatic rings. The Kier molecular flexibility index (Phi) is 6.01. The van der Waals surface area contributed by atoms with Gasteiger partial charge in [-0.2, -0.15) is 11.8 Å². The summed E-state index contributed by atoms with van der Waals surface area (Å²) in [5.74, 6) is 1.24. The van der Waals surface area contributed by atoms with E-state index in [0.717, 1.165) is 50.0 Å². The van der Waals surface area contributed by atoms with Crippen molar-refractivity contribution in [1.29, 1.82) is 0 Å². The fourth-order valence-electron chi connectivity index (χ4n) is 3.07. The number of hydrogen-bond donors (Lipinski definition) is 3. The van der Waals surface area contributed by atoms with Crippen LogP contribution >= 0.6 is 11.8 Å². The van der Waals surface area contributed by atoms with E-state index < -0.39 is 12.0 Å². The molecular weight excluding hydrogens is 276 g/mol. The average Bonchev–Trinajstić information content (AvgIpc) is 2.46. The van der Waals surface area contributed by atoms with Crippen LogP contribution < -0.4 is 10.6 Å². The molecule has 2 fully saturated rings. The number of carboxylic acid groups (broad SMARTS) is 1. The number of carbonyl (C=O) groups is 2. The van der Waals surface area contributed by atoms with E-state index in [1.54, 1.807) is 0 Å². The van der Waals surface area contributed by atoms with Crippen LogP contribution in [0.5, 0.6) is 0 Å². The van der Waals surface area contributed by atoms with Crippen molar-refractivity contribution in [3.05, 3.63) is 0 Å². The van der Waals surface area contributed by atoms with Crippen LogP contribution in [0, 0.1) is 5.92 Å². The molecule has 0 radical (unpaired) electrons. The highest BCUT2D eigenvalue weighted by molar-refractivity contribution is 7.99. The van der Waals surface area contributed by atoms with Crippen molar-refractivity contribution >= 4 is 23.8 Å². The predicted molar refractivity (Wildman–Crippen MR) is 80.0 cm³/mol. The average molecular weight is 300 g/mol. The number of aliphatic carboxylic acids is 1. The van der Waals surface area contributed by atoms with Crippen LogP contribution in [0.3, 0.4) is 0 Å². The second-order valence-electron chi connectivity index (χ2n) is 5.75. The third-order valence-corrected chi connectivity index (χ3v) is 5.38. The Balaban J connectivity index is 1.83. The van der Waals surface area contributed by atoms with Crippen LogP contribution in [-0.2, 0) is 4.79 Å². The number of thioether (sulfide) groups is 1. The lowest BCUT2D eigenvalue weighted by atomic mass is 9.84. The molecule has 3 N–H and O–H groups in total. The summed E-state index contributed by atoms with van der Waals surface area (Å²) in [5, 5.41) is 14.9. The molecule has 114 valence electrons. The van der Waals surface area contributed by atoms with Gasteiger partial charge in [0.25, 0.3) is 0 Å². The molecule has 0 aromatic rings. The normalized spacial score (nSPS) is 25.7. The number of nitrogens with one attached hydrogen (secondary N) is 2. The molecule has 1 aliphatic heterocycles. The highest BCUT2D eigenvalue weighted by Crippen LogP contribution is 2.26. The van der Waals surface area contributed by atoms with Gasteiger partial charge in [-0.05, 0) is 37.4 Å². The Bertz CT molecular complexity index is 339. The second kappa shape index (κ2) is 7.76. The topological polar surface area (TPSA) is 78.4 Å². The van der Waals surface area contributed by atoms with E-state index >= 15 is 0 Å². The Hall–Kier alpha value is -0.910. The molecule has 0 aromatic carbocycles. The van der Waals surface area contributed by atoms with Crippen LogP contribution in [-0.4, -0.2) is 40.7 Å². The molecule has 2 rings (SSSR count). The van der Waals surface area contributed by atoms with Crippen molar-refractivity contribution in [3.63, 3.8) is 0 Å². The molecule has 0 aromatic heterocycles. The quantitative estimate of drug-likeness (QED) is 0.744. The van der Waals surface area contributed by atoms with E-state index in [9.17, 15) is 14.7 Å². The molecule has 0 spiro atoms. The van der Waals surface area contributed by atoms with Crippen LogP contribution in [0.15, 0.2) is 0 Å². The summed E-state index contributed by atoms with van der Waals surface area (Å²) >= 11 is 1.84. The molecule has 2 amide bonds. The van der Waals surface area contributed by atoms with Gasteiger partial charge in [-0.3, -0.25) is 0 Å². The zero-order chi connectivity index (χ0) is 14.4. The standard InChI is InChI=1S/C14H24N2O3S/c17-13(18)12(10-5-2-1-3-6-10)16-14(19)15-11-7-4-8-20-9-11/h10-12H,1-9H2,(H,17,18)(H2,15,16,19). The highest BCUT2D eigenvalue weighted by atomic mass is 32.2. The van der Waals surface area contributed by atoms with Gasteiger partial charge >= 0.3 is 12.0 Å². The molecule has 5 nitrogen and oxygen atoms in total. The van der Waals surface area contributed by atoms with E-state index in [1.807, 2.05) is 11.8 Å². The first-order chi connectivity index (χ1) is 9.66. The summed E-state index contributed by atoms with van der Waals surface area (Å²) in [6.07, 6.45) is 7.21. The summed E-state index contributed by atoms with van der Waals surface area (Å²) < 4.78 is 0. The molecule has 1 saturated carbocycles. The maximum Gasteiger partial charge on any atom is 0.326 e. The number of hydrogen-bond acceptors (Lipinski definition) is 3. The highest BCUT2D eigenvalue weighted by Gasteiger charge is 2.31. The smallest absolute Gasteiger partial charge is 0.326 e. The first-order valence-corrected chi connectivity index (χ1v) is 8.70. The van der Waals surface area contributed by atoms with E-state index in [-0.39, 0.29) is 18.0 Å². The molecule has 6 heteroatoms. The molecule has 1 aliphatic carbocycles. The second-order valence-corrected chi connectivity index (χ2v) is 6.90. The molecule has 0 bridgehead atoms. The minimum Gasteiger partial charge on any atom is -0.480 e. The molecule has 1 heterocycles. The van der Waals surface area contributed by atoms with Gasteiger partial charge in [0.2, 0.25) is 0 Å². The van der Waals surface area contributed by atoms with Crippen molar-refractivity contribution in [3.8, 4) is 0 Å². The number of carboxylic acids is 1. The molecule has 1 saturated heterocycles. The SMILES string of the molecule is O=C(NC1CCCSC1)NC(C(=O)O)C1CCCCC1. The van der Waals surface area contributed by atoms with Gasteiger partial charge in [0.05, 0.1) is 0 Å². The minimum atomic E-state index is -0.912. The molecule has 20 heavy (non-hydrogen) atoms. The van der Waals surface area contributed by atoms with Crippen LogP contribution in [0.25, 0.3) is 0 Å². The Morgan fingerprint density at radius 3 is 2.45 bits per heavy atom. The number of carbonyl (C=O) groups excluding carboxylic acids is 1. The summed E-state index contributed by atoms with van der Waals surface area (Å²) in [4.78, 5) is 23.4. The Morgan fingerprint density at radius 1 is 1.10 bits per heavy atom. The predicted octanol–water partition coefficient (Wildman–Crippen LogP) is 2.21. The third kappa shape index (κ3) is 4.58. The summed E-state index contributed by atoms with van der Waals surface area (Å²) in [5.41, 5.74) is 0. The Labute approximate surface area is 124 Å². The first-order valence-electron chi connectivity index (χ1n) is 7.54. The van der Waals surface area contributed by atoms with Gasteiger partial charge < -0.3 is 15.7 Å². The first kappa shape index (κ1) is 15.5. The monoisotopic (exact) mass is 300 g/mol. The van der Waals surface area contributed by atoms with Crippen LogP contribution in [0.1, 0.15) is 44.9 Å². The number of urea groups is 1. The Morgan fingerprint density at radius 2 is 1.85 bits per heavy atom. The summed E-state index contributed by atoms with van der Waals surface area (Å²) in [6, 6.07) is -0.892. The van der Waals surface area contributed by atoms with Crippen molar-refractivity contribution in [2.24, 2.45) is 5.92 Å². The maximum atomic E-state index is 12.0. The lowest BCUT2D eigenvalue weighted by Gasteiger charge is -2.29. The van der Waals surface area contributed by atoms with Crippen LogP contribution in [0.4, 0.5) is 4.79 Å². The van der Waals surface area contributed by atoms with E-state index in [0.29, 0.717) is 0 Å². The van der Waals surface area contributed by atoms with Gasteiger partial charge in [-0.15, -0.1) is 0 Å². The third-order valence-electron chi connectivity index (χ3n) is 4.17. The van der Waals surface area contributed by atoms with Gasteiger partial charge in [-0.1, -0.05) is 19.3 Å². The van der Waals surface area contributed by atoms with Crippen molar-refractivity contribution in [2.75, 3.05) is 11.5 Å². The molecule has 2 unspecified atom stereocenters. The van der Waals surface area contributed by atoms with Crippen molar-refractivity contribution < 1.29 is 14.7 Å². The number of rotatable bonds is 4. The lowest BCUT2D eigenvalue weighted by Crippen LogP contribution is -2.53. The van der Waals surface area contributed by atoms with Gasteiger partial charge in [0.1, 0.15) is 6.04 Å². The van der Waals surface area contributed by atoms with Gasteiger partial charge in [0.15, 0.2) is 0 Å². The fraction of sp³-hybridized carbons (Fsp3) is 0.857. The van der Waals surface area contributed by atoms with Gasteiger partial charge in [-0.25, -0.2) is 9.59 Å². The number of amides is 2. The maximum absolute atomic E-state index is 12.0. The largest absolute Gasteiger partial charge is 0.480 e. The van der Waals surface area contributed by atoms with E-state index in [4.69, 9.17) is 0 Å².